The highest BCUT2D eigenvalue weighted by atomic mass is 35.5. The average molecular weight is 334 g/mol. The topological polar surface area (TPSA) is 25.8 Å². The minimum atomic E-state index is -0.383. The van der Waals surface area contributed by atoms with Gasteiger partial charge in [0.1, 0.15) is 21.9 Å². The maximum absolute atomic E-state index is 13.0. The van der Waals surface area contributed by atoms with Crippen LogP contribution in [0.25, 0.3) is 0 Å². The van der Waals surface area contributed by atoms with E-state index in [2.05, 4.69) is 9.97 Å². The third-order valence-corrected chi connectivity index (χ3v) is 3.77. The summed E-state index contributed by atoms with van der Waals surface area (Å²) in [5.41, 5.74) is 1.44. The standard InChI is InChI=1S/C14H12Cl3FN2/c1-7(2)12-13(16)19-11(20-14(12)17)5-8-3-4-9(18)6-10(8)15/h3-4,6-7H,5H2,1-2H3. The normalized spacial score (nSPS) is 11.2. The summed E-state index contributed by atoms with van der Waals surface area (Å²) < 4.78 is 13.0. The van der Waals surface area contributed by atoms with Crippen molar-refractivity contribution in [2.75, 3.05) is 0 Å². The number of hydrogen-bond donors (Lipinski definition) is 0. The molecule has 2 rings (SSSR count). The number of halogens is 4. The van der Waals surface area contributed by atoms with Crippen molar-refractivity contribution in [2.45, 2.75) is 26.2 Å². The van der Waals surface area contributed by atoms with Gasteiger partial charge < -0.3 is 0 Å². The van der Waals surface area contributed by atoms with E-state index < -0.39 is 0 Å². The van der Waals surface area contributed by atoms with Crippen molar-refractivity contribution < 1.29 is 4.39 Å². The minimum absolute atomic E-state index is 0.137. The van der Waals surface area contributed by atoms with Gasteiger partial charge in [-0.05, 0) is 23.6 Å². The molecule has 20 heavy (non-hydrogen) atoms. The van der Waals surface area contributed by atoms with Gasteiger partial charge in [-0.1, -0.05) is 54.7 Å². The summed E-state index contributed by atoms with van der Waals surface area (Å²) in [4.78, 5) is 8.46. The predicted octanol–water partition coefficient (Wildman–Crippen LogP) is 5.29. The number of nitrogens with zero attached hydrogens (tertiary/aromatic N) is 2. The van der Waals surface area contributed by atoms with E-state index in [-0.39, 0.29) is 11.7 Å². The highest BCUT2D eigenvalue weighted by molar-refractivity contribution is 6.34. The molecule has 0 aliphatic carbocycles. The SMILES string of the molecule is CC(C)c1c(Cl)nc(Cc2ccc(F)cc2Cl)nc1Cl. The molecular weight excluding hydrogens is 322 g/mol. The molecule has 0 N–H and O–H groups in total. The summed E-state index contributed by atoms with van der Waals surface area (Å²) in [6.07, 6.45) is 0.344. The molecule has 0 amide bonds. The van der Waals surface area contributed by atoms with Crippen LogP contribution < -0.4 is 0 Å². The number of rotatable bonds is 3. The molecule has 2 aromatic rings. The summed E-state index contributed by atoms with van der Waals surface area (Å²) in [7, 11) is 0. The van der Waals surface area contributed by atoms with Gasteiger partial charge in [-0.3, -0.25) is 0 Å². The van der Waals surface area contributed by atoms with Gasteiger partial charge >= 0.3 is 0 Å². The fourth-order valence-corrected chi connectivity index (χ4v) is 2.94. The van der Waals surface area contributed by atoms with Gasteiger partial charge in [0.05, 0.1) is 0 Å². The van der Waals surface area contributed by atoms with Crippen LogP contribution in [-0.4, -0.2) is 9.97 Å². The Morgan fingerprint density at radius 3 is 2.20 bits per heavy atom. The van der Waals surface area contributed by atoms with E-state index in [1.54, 1.807) is 6.07 Å². The van der Waals surface area contributed by atoms with Crippen molar-refractivity contribution >= 4 is 34.8 Å². The van der Waals surface area contributed by atoms with Gasteiger partial charge in [0.15, 0.2) is 0 Å². The Morgan fingerprint density at radius 1 is 1.10 bits per heavy atom. The van der Waals surface area contributed by atoms with Gasteiger partial charge in [-0.25, -0.2) is 14.4 Å². The number of hydrogen-bond acceptors (Lipinski definition) is 2. The minimum Gasteiger partial charge on any atom is -0.220 e. The van der Waals surface area contributed by atoms with E-state index in [1.807, 2.05) is 13.8 Å². The first-order chi connectivity index (χ1) is 9.38. The monoisotopic (exact) mass is 332 g/mol. The molecule has 1 aromatic carbocycles. The molecular formula is C14H12Cl3FN2. The number of aromatic nitrogens is 2. The van der Waals surface area contributed by atoms with Crippen LogP contribution in [0, 0.1) is 5.82 Å². The van der Waals surface area contributed by atoms with Gasteiger partial charge in [-0.15, -0.1) is 0 Å². The Bertz CT molecular complexity index is 621. The molecule has 0 aliphatic heterocycles. The van der Waals surface area contributed by atoms with E-state index >= 15 is 0 Å². The molecule has 0 saturated carbocycles. The third kappa shape index (κ3) is 3.40. The lowest BCUT2D eigenvalue weighted by molar-refractivity contribution is 0.627. The Kier molecular flexibility index (Phi) is 4.84. The molecule has 1 aromatic heterocycles. The summed E-state index contributed by atoms with van der Waals surface area (Å²) in [5.74, 6) is 0.210. The lowest BCUT2D eigenvalue weighted by Crippen LogP contribution is -2.03. The van der Waals surface area contributed by atoms with E-state index in [9.17, 15) is 4.39 Å². The summed E-state index contributed by atoms with van der Waals surface area (Å²) >= 11 is 18.2. The first-order valence-electron chi connectivity index (χ1n) is 6.04. The maximum Gasteiger partial charge on any atom is 0.137 e. The molecule has 0 aliphatic rings. The zero-order valence-corrected chi connectivity index (χ0v) is 13.2. The Hall–Kier alpha value is -0.900. The lowest BCUT2D eigenvalue weighted by Gasteiger charge is -2.11. The largest absolute Gasteiger partial charge is 0.220 e. The van der Waals surface area contributed by atoms with Gasteiger partial charge in [0, 0.05) is 17.0 Å². The van der Waals surface area contributed by atoms with Gasteiger partial charge in [-0.2, -0.15) is 0 Å². The molecule has 0 unspecified atom stereocenters. The van der Waals surface area contributed by atoms with Crippen molar-refractivity contribution in [3.8, 4) is 0 Å². The first kappa shape index (κ1) is 15.5. The van der Waals surface area contributed by atoms with E-state index in [4.69, 9.17) is 34.8 Å². The van der Waals surface area contributed by atoms with Crippen molar-refractivity contribution in [2.24, 2.45) is 0 Å². The van der Waals surface area contributed by atoms with Crippen LogP contribution >= 0.6 is 34.8 Å². The zero-order chi connectivity index (χ0) is 14.9. The smallest absolute Gasteiger partial charge is 0.137 e. The maximum atomic E-state index is 13.0. The molecule has 0 fully saturated rings. The second-order valence-corrected chi connectivity index (χ2v) is 5.83. The molecule has 6 heteroatoms. The van der Waals surface area contributed by atoms with E-state index in [0.29, 0.717) is 27.6 Å². The van der Waals surface area contributed by atoms with Crippen molar-refractivity contribution in [1.29, 1.82) is 0 Å². The van der Waals surface area contributed by atoms with Crippen LogP contribution in [0.1, 0.15) is 36.7 Å². The number of benzene rings is 1. The quantitative estimate of drug-likeness (QED) is 0.713. The Labute approximate surface area is 131 Å². The Balaban J connectivity index is 2.35. The molecule has 106 valence electrons. The fraction of sp³-hybridized carbons (Fsp3) is 0.286. The first-order valence-corrected chi connectivity index (χ1v) is 7.17. The van der Waals surface area contributed by atoms with E-state index in [0.717, 1.165) is 11.1 Å². The van der Waals surface area contributed by atoms with Crippen LogP contribution in [-0.2, 0) is 6.42 Å². The summed E-state index contributed by atoms with van der Waals surface area (Å²) in [6.45, 7) is 3.93. The second kappa shape index (κ2) is 6.25. The van der Waals surface area contributed by atoms with Gasteiger partial charge in [0.25, 0.3) is 0 Å². The van der Waals surface area contributed by atoms with Gasteiger partial charge in [0.2, 0.25) is 0 Å². The molecule has 1 heterocycles. The fourth-order valence-electron chi connectivity index (χ4n) is 1.85. The van der Waals surface area contributed by atoms with E-state index in [1.165, 1.54) is 12.1 Å². The lowest BCUT2D eigenvalue weighted by atomic mass is 10.1. The highest BCUT2D eigenvalue weighted by Crippen LogP contribution is 2.29. The molecule has 0 saturated heterocycles. The molecule has 0 bridgehead atoms. The van der Waals surface area contributed by atoms with Crippen LogP contribution in [0.4, 0.5) is 4.39 Å². The van der Waals surface area contributed by atoms with Crippen LogP contribution in [0.5, 0.6) is 0 Å². The van der Waals surface area contributed by atoms with Crippen molar-refractivity contribution in [3.63, 3.8) is 0 Å². The molecule has 2 nitrogen and oxygen atoms in total. The average Bonchev–Trinajstić information content (AvgIpc) is 2.31. The Morgan fingerprint density at radius 2 is 1.70 bits per heavy atom. The van der Waals surface area contributed by atoms with Crippen LogP contribution in [0.15, 0.2) is 18.2 Å². The zero-order valence-electron chi connectivity index (χ0n) is 10.9. The van der Waals surface area contributed by atoms with Crippen LogP contribution in [0.2, 0.25) is 15.3 Å². The summed E-state index contributed by atoms with van der Waals surface area (Å²) in [5, 5.41) is 1.01. The highest BCUT2D eigenvalue weighted by Gasteiger charge is 2.15. The summed E-state index contributed by atoms with van der Waals surface area (Å²) in [6, 6.07) is 4.19. The van der Waals surface area contributed by atoms with Crippen LogP contribution in [0.3, 0.4) is 0 Å². The van der Waals surface area contributed by atoms with Crippen molar-refractivity contribution in [1.82, 2.24) is 9.97 Å². The van der Waals surface area contributed by atoms with Crippen molar-refractivity contribution in [3.05, 3.63) is 56.3 Å². The third-order valence-electron chi connectivity index (χ3n) is 2.84. The predicted molar refractivity (Wildman–Crippen MR) is 80.4 cm³/mol. The second-order valence-electron chi connectivity index (χ2n) is 4.70. The molecule has 0 spiro atoms. The molecule has 0 radical (unpaired) electrons. The molecule has 0 atom stereocenters.